The van der Waals surface area contributed by atoms with Crippen molar-refractivity contribution < 1.29 is 14.6 Å². The molecule has 3 unspecified atom stereocenters. The van der Waals surface area contributed by atoms with Gasteiger partial charge in [-0.1, -0.05) is 93.5 Å². The molecule has 0 aliphatic carbocycles. The van der Waals surface area contributed by atoms with Crippen LogP contribution >= 0.6 is 0 Å². The molecule has 0 bridgehead atoms. The van der Waals surface area contributed by atoms with E-state index in [4.69, 9.17) is 9.47 Å². The summed E-state index contributed by atoms with van der Waals surface area (Å²) >= 11 is 0. The summed E-state index contributed by atoms with van der Waals surface area (Å²) in [5.41, 5.74) is 2.76. The average Bonchev–Trinajstić information content (AvgIpc) is 2.88. The van der Waals surface area contributed by atoms with E-state index in [1.807, 2.05) is 32.9 Å². The number of aromatic hydroxyl groups is 1. The van der Waals surface area contributed by atoms with Crippen molar-refractivity contribution >= 4 is 0 Å². The van der Waals surface area contributed by atoms with Gasteiger partial charge in [0.05, 0.1) is 0 Å². The van der Waals surface area contributed by atoms with Gasteiger partial charge in [0.15, 0.2) is 6.29 Å². The van der Waals surface area contributed by atoms with E-state index < -0.39 is 0 Å². The fraction of sp³-hybridized carbons (Fsp3) is 0.647. The normalized spacial score (nSPS) is 13.4. The van der Waals surface area contributed by atoms with Crippen LogP contribution in [0.25, 0.3) is 0 Å². The zero-order chi connectivity index (χ0) is 28.4. The molecule has 37 heavy (non-hydrogen) atoms. The number of ether oxygens (including phenoxy) is 2. The standard InChI is InChI=1S/C19H32O2.C13H20O.C2H6/c1-7-19(20-8-2)21-17-11-9-16(10-12-17)18(15(5)6)13-14(3)4;1-4-11(9-10(2)3)12-5-7-13(14)8-6-12;1-2/h9-12,14-15,18-19H,7-8,13H2,1-6H3;5-8,10-11,14H,4,9H2,1-3H3;1-2H3. The number of benzene rings is 2. The monoisotopic (exact) mass is 514 g/mol. The van der Waals surface area contributed by atoms with Crippen molar-refractivity contribution in [2.75, 3.05) is 6.61 Å². The van der Waals surface area contributed by atoms with Gasteiger partial charge >= 0.3 is 0 Å². The largest absolute Gasteiger partial charge is 0.508 e. The van der Waals surface area contributed by atoms with Crippen LogP contribution in [-0.2, 0) is 4.74 Å². The molecule has 0 amide bonds. The van der Waals surface area contributed by atoms with Crippen LogP contribution in [0.3, 0.4) is 0 Å². The molecule has 3 nitrogen and oxygen atoms in total. The quantitative estimate of drug-likeness (QED) is 0.270. The van der Waals surface area contributed by atoms with E-state index in [1.165, 1.54) is 30.4 Å². The Hall–Kier alpha value is -2.00. The van der Waals surface area contributed by atoms with Crippen molar-refractivity contribution in [2.45, 2.75) is 120 Å². The molecule has 0 saturated carbocycles. The minimum Gasteiger partial charge on any atom is -0.508 e. The first-order chi connectivity index (χ1) is 17.6. The highest BCUT2D eigenvalue weighted by molar-refractivity contribution is 5.30. The molecule has 212 valence electrons. The third kappa shape index (κ3) is 14.5. The molecule has 0 spiro atoms. The maximum atomic E-state index is 9.19. The highest BCUT2D eigenvalue weighted by Gasteiger charge is 2.17. The molecule has 0 fully saturated rings. The Morgan fingerprint density at radius 2 is 1.19 bits per heavy atom. The number of phenols is 1. The van der Waals surface area contributed by atoms with Crippen LogP contribution in [0.4, 0.5) is 0 Å². The maximum absolute atomic E-state index is 9.19. The summed E-state index contributed by atoms with van der Waals surface area (Å²) in [5.74, 6) is 4.61. The van der Waals surface area contributed by atoms with Crippen molar-refractivity contribution in [3.8, 4) is 11.5 Å². The van der Waals surface area contributed by atoms with Gasteiger partial charge in [0.25, 0.3) is 0 Å². The van der Waals surface area contributed by atoms with Gasteiger partial charge < -0.3 is 14.6 Å². The fourth-order valence-corrected chi connectivity index (χ4v) is 4.52. The first-order valence-electron chi connectivity index (χ1n) is 14.8. The summed E-state index contributed by atoms with van der Waals surface area (Å²) in [6.07, 6.45) is 4.34. The minimum atomic E-state index is -0.141. The van der Waals surface area contributed by atoms with E-state index in [0.29, 0.717) is 30.1 Å². The van der Waals surface area contributed by atoms with Gasteiger partial charge in [0.2, 0.25) is 0 Å². The van der Waals surface area contributed by atoms with Crippen LogP contribution in [0.1, 0.15) is 125 Å². The lowest BCUT2D eigenvalue weighted by molar-refractivity contribution is -0.0766. The summed E-state index contributed by atoms with van der Waals surface area (Å²) in [6.45, 7) is 24.7. The van der Waals surface area contributed by atoms with Gasteiger partial charge in [-0.2, -0.15) is 0 Å². The lowest BCUT2D eigenvalue weighted by Crippen LogP contribution is -2.19. The van der Waals surface area contributed by atoms with Crippen LogP contribution < -0.4 is 4.74 Å². The molecule has 3 heteroatoms. The second-order valence-electron chi connectivity index (χ2n) is 10.8. The van der Waals surface area contributed by atoms with Crippen molar-refractivity contribution in [3.63, 3.8) is 0 Å². The van der Waals surface area contributed by atoms with E-state index in [9.17, 15) is 5.11 Å². The molecule has 3 atom stereocenters. The van der Waals surface area contributed by atoms with Crippen LogP contribution in [0.15, 0.2) is 48.5 Å². The maximum Gasteiger partial charge on any atom is 0.199 e. The highest BCUT2D eigenvalue weighted by Crippen LogP contribution is 2.32. The zero-order valence-electron chi connectivity index (χ0n) is 25.9. The molecule has 0 aliphatic rings. The Morgan fingerprint density at radius 3 is 1.59 bits per heavy atom. The second kappa shape index (κ2) is 20.0. The Bertz CT molecular complexity index is 778. The molecule has 0 aliphatic heterocycles. The van der Waals surface area contributed by atoms with E-state index >= 15 is 0 Å². The summed E-state index contributed by atoms with van der Waals surface area (Å²) in [4.78, 5) is 0. The molecular formula is C34H58O3. The first kappa shape index (κ1) is 35.0. The predicted molar refractivity (Wildman–Crippen MR) is 162 cm³/mol. The van der Waals surface area contributed by atoms with E-state index in [1.54, 1.807) is 12.1 Å². The minimum absolute atomic E-state index is 0.141. The highest BCUT2D eigenvalue weighted by atomic mass is 16.7. The van der Waals surface area contributed by atoms with Gasteiger partial charge in [-0.25, -0.2) is 0 Å². The van der Waals surface area contributed by atoms with Crippen molar-refractivity contribution in [2.24, 2.45) is 17.8 Å². The number of hydrogen-bond acceptors (Lipinski definition) is 3. The molecular weight excluding hydrogens is 456 g/mol. The molecule has 0 aromatic heterocycles. The number of hydrogen-bond donors (Lipinski definition) is 1. The third-order valence-corrected chi connectivity index (χ3v) is 6.40. The lowest BCUT2D eigenvalue weighted by atomic mass is 9.82. The molecule has 2 rings (SSSR count). The molecule has 1 N–H and O–H groups in total. The van der Waals surface area contributed by atoms with Crippen LogP contribution in [0, 0.1) is 17.8 Å². The van der Waals surface area contributed by atoms with Crippen molar-refractivity contribution in [1.29, 1.82) is 0 Å². The SMILES string of the molecule is CC.CCC(CC(C)C)c1ccc(O)cc1.CCOC(CC)Oc1ccc(C(CC(C)C)C(C)C)cc1. The molecule has 0 heterocycles. The van der Waals surface area contributed by atoms with Crippen LogP contribution in [0.2, 0.25) is 0 Å². The molecule has 2 aromatic rings. The molecule has 2 aromatic carbocycles. The third-order valence-electron chi connectivity index (χ3n) is 6.40. The van der Waals surface area contributed by atoms with Gasteiger partial charge in [-0.05, 0) is 91.2 Å². The smallest absolute Gasteiger partial charge is 0.199 e. The fourth-order valence-electron chi connectivity index (χ4n) is 4.52. The van der Waals surface area contributed by atoms with E-state index in [2.05, 4.69) is 79.7 Å². The Labute approximate surface area is 230 Å². The van der Waals surface area contributed by atoms with Crippen LogP contribution in [-0.4, -0.2) is 18.0 Å². The Morgan fingerprint density at radius 1 is 0.676 bits per heavy atom. The van der Waals surface area contributed by atoms with Gasteiger partial charge in [0, 0.05) is 13.0 Å². The summed E-state index contributed by atoms with van der Waals surface area (Å²) in [7, 11) is 0. The topological polar surface area (TPSA) is 38.7 Å². The second-order valence-corrected chi connectivity index (χ2v) is 10.8. The van der Waals surface area contributed by atoms with Crippen LogP contribution in [0.5, 0.6) is 11.5 Å². The number of rotatable bonds is 13. The van der Waals surface area contributed by atoms with Crippen molar-refractivity contribution in [1.82, 2.24) is 0 Å². The Kier molecular flexibility index (Phi) is 18.9. The molecule has 0 saturated heterocycles. The first-order valence-corrected chi connectivity index (χ1v) is 14.8. The summed E-state index contributed by atoms with van der Waals surface area (Å²) in [6, 6.07) is 16.2. The average molecular weight is 515 g/mol. The van der Waals surface area contributed by atoms with Gasteiger partial charge in [-0.3, -0.25) is 0 Å². The van der Waals surface area contributed by atoms with E-state index in [-0.39, 0.29) is 6.29 Å². The number of phenolic OH excluding ortho intramolecular Hbond substituents is 1. The summed E-state index contributed by atoms with van der Waals surface area (Å²) in [5, 5.41) is 9.19. The van der Waals surface area contributed by atoms with E-state index in [0.717, 1.165) is 24.0 Å². The van der Waals surface area contributed by atoms with Gasteiger partial charge in [-0.15, -0.1) is 0 Å². The zero-order valence-corrected chi connectivity index (χ0v) is 25.9. The molecule has 0 radical (unpaired) electrons. The Balaban J connectivity index is 0.000000702. The predicted octanol–water partition coefficient (Wildman–Crippen LogP) is 10.6. The van der Waals surface area contributed by atoms with Gasteiger partial charge in [0.1, 0.15) is 11.5 Å². The van der Waals surface area contributed by atoms with Crippen molar-refractivity contribution in [3.05, 3.63) is 59.7 Å². The lowest BCUT2D eigenvalue weighted by Gasteiger charge is -2.24. The summed E-state index contributed by atoms with van der Waals surface area (Å²) < 4.78 is 11.4.